The molecule has 20 heavy (non-hydrogen) atoms. The molecular formula is C15H22O5. The molecular weight excluding hydrogens is 260 g/mol. The van der Waals surface area contributed by atoms with E-state index >= 15 is 0 Å². The fourth-order valence-corrected chi connectivity index (χ4v) is 1.60. The zero-order chi connectivity index (χ0) is 14.8. The molecule has 0 saturated carbocycles. The Morgan fingerprint density at radius 3 is 2.30 bits per heavy atom. The molecule has 0 spiro atoms. The Hall–Kier alpha value is -1.43. The number of ether oxygens (including phenoxy) is 3. The van der Waals surface area contributed by atoms with Gasteiger partial charge >= 0.3 is 5.97 Å². The van der Waals surface area contributed by atoms with E-state index in [2.05, 4.69) is 0 Å². The normalized spacial score (nSPS) is 12.3. The van der Waals surface area contributed by atoms with Crippen LogP contribution in [0.2, 0.25) is 0 Å². The fourth-order valence-electron chi connectivity index (χ4n) is 1.60. The summed E-state index contributed by atoms with van der Waals surface area (Å²) < 4.78 is 15.6. The van der Waals surface area contributed by atoms with E-state index in [-0.39, 0.29) is 0 Å². The lowest BCUT2D eigenvalue weighted by Crippen LogP contribution is -2.09. The average molecular weight is 282 g/mol. The van der Waals surface area contributed by atoms with Gasteiger partial charge in [-0.15, -0.1) is 0 Å². The van der Waals surface area contributed by atoms with Gasteiger partial charge in [-0.05, 0) is 18.1 Å². The van der Waals surface area contributed by atoms with Crippen molar-refractivity contribution in [2.24, 2.45) is 0 Å². The largest absolute Gasteiger partial charge is 0.481 e. The van der Waals surface area contributed by atoms with E-state index in [9.17, 15) is 4.79 Å². The molecule has 0 heterocycles. The van der Waals surface area contributed by atoms with Crippen LogP contribution in [0.3, 0.4) is 0 Å². The Kier molecular flexibility index (Phi) is 7.87. The smallest absolute Gasteiger partial charge is 0.310 e. The topological polar surface area (TPSA) is 65.0 Å². The molecule has 1 N–H and O–H groups in total. The Labute approximate surface area is 119 Å². The zero-order valence-electron chi connectivity index (χ0n) is 12.0. The van der Waals surface area contributed by atoms with E-state index in [1.54, 1.807) is 14.0 Å². The molecule has 0 saturated heterocycles. The number of benzene rings is 1. The van der Waals surface area contributed by atoms with Crippen molar-refractivity contribution >= 4 is 5.97 Å². The van der Waals surface area contributed by atoms with Gasteiger partial charge in [0.1, 0.15) is 0 Å². The molecule has 0 radical (unpaired) electrons. The van der Waals surface area contributed by atoms with Crippen LogP contribution in [0.25, 0.3) is 0 Å². The molecule has 0 aliphatic carbocycles. The quantitative estimate of drug-likeness (QED) is 0.665. The minimum Gasteiger partial charge on any atom is -0.481 e. The van der Waals surface area contributed by atoms with Gasteiger partial charge in [-0.1, -0.05) is 24.3 Å². The first kappa shape index (κ1) is 16.6. The highest BCUT2D eigenvalue weighted by molar-refractivity contribution is 5.75. The summed E-state index contributed by atoms with van der Waals surface area (Å²) in [5, 5.41) is 8.92. The van der Waals surface area contributed by atoms with Gasteiger partial charge in [-0.3, -0.25) is 4.79 Å². The Morgan fingerprint density at radius 1 is 1.10 bits per heavy atom. The monoisotopic (exact) mass is 282 g/mol. The van der Waals surface area contributed by atoms with Crippen molar-refractivity contribution in [1.29, 1.82) is 0 Å². The number of aliphatic carboxylic acids is 1. The molecule has 0 aliphatic rings. The van der Waals surface area contributed by atoms with Crippen LogP contribution in [0.5, 0.6) is 0 Å². The first-order valence-electron chi connectivity index (χ1n) is 6.61. The Balaban J connectivity index is 2.23. The maximum atomic E-state index is 10.9. The molecule has 0 fully saturated rings. The number of hydrogen-bond donors (Lipinski definition) is 1. The van der Waals surface area contributed by atoms with Crippen LogP contribution in [0.4, 0.5) is 0 Å². The SMILES string of the molecule is COCCOCCOCc1ccc(C(C)C(=O)O)cc1. The van der Waals surface area contributed by atoms with Gasteiger partial charge in [-0.2, -0.15) is 0 Å². The summed E-state index contributed by atoms with van der Waals surface area (Å²) >= 11 is 0. The summed E-state index contributed by atoms with van der Waals surface area (Å²) in [6.07, 6.45) is 0. The molecule has 1 rings (SSSR count). The summed E-state index contributed by atoms with van der Waals surface area (Å²) in [4.78, 5) is 10.9. The number of methoxy groups -OCH3 is 1. The first-order chi connectivity index (χ1) is 9.65. The standard InChI is InChI=1S/C15H22O5/c1-12(15(16)17)14-5-3-13(4-6-14)11-20-10-9-19-8-7-18-2/h3-6,12H,7-11H2,1-2H3,(H,16,17). The summed E-state index contributed by atoms with van der Waals surface area (Å²) in [5.41, 5.74) is 1.81. The fraction of sp³-hybridized carbons (Fsp3) is 0.533. The molecule has 1 atom stereocenters. The van der Waals surface area contributed by atoms with Gasteiger partial charge in [0.15, 0.2) is 0 Å². The van der Waals surface area contributed by atoms with Gasteiger partial charge in [0, 0.05) is 7.11 Å². The van der Waals surface area contributed by atoms with Crippen LogP contribution in [-0.4, -0.2) is 44.6 Å². The number of hydrogen-bond acceptors (Lipinski definition) is 4. The third-order valence-corrected chi connectivity index (χ3v) is 2.92. The van der Waals surface area contributed by atoms with E-state index in [0.29, 0.717) is 33.0 Å². The van der Waals surface area contributed by atoms with E-state index in [4.69, 9.17) is 19.3 Å². The highest BCUT2D eigenvalue weighted by atomic mass is 16.5. The van der Waals surface area contributed by atoms with Gasteiger partial charge in [0.2, 0.25) is 0 Å². The highest BCUT2D eigenvalue weighted by Gasteiger charge is 2.12. The molecule has 5 nitrogen and oxygen atoms in total. The Bertz CT molecular complexity index is 388. The number of carboxylic acids is 1. The summed E-state index contributed by atoms with van der Waals surface area (Å²) in [7, 11) is 1.63. The third kappa shape index (κ3) is 6.14. The average Bonchev–Trinajstić information content (AvgIpc) is 2.46. The van der Waals surface area contributed by atoms with Gasteiger partial charge in [0.25, 0.3) is 0 Å². The second-order valence-electron chi connectivity index (χ2n) is 4.46. The van der Waals surface area contributed by atoms with Gasteiger partial charge in [0.05, 0.1) is 39.0 Å². The summed E-state index contributed by atoms with van der Waals surface area (Å²) in [5.74, 6) is -1.30. The minimum atomic E-state index is -0.817. The number of carboxylic acid groups (broad SMARTS) is 1. The molecule has 0 bridgehead atoms. The van der Waals surface area contributed by atoms with Crippen molar-refractivity contribution in [3.8, 4) is 0 Å². The number of carbonyl (C=O) groups is 1. The minimum absolute atomic E-state index is 0.487. The molecule has 112 valence electrons. The van der Waals surface area contributed by atoms with E-state index in [1.165, 1.54) is 0 Å². The maximum absolute atomic E-state index is 10.9. The maximum Gasteiger partial charge on any atom is 0.310 e. The molecule has 0 aromatic heterocycles. The van der Waals surface area contributed by atoms with Crippen LogP contribution in [0.1, 0.15) is 24.0 Å². The zero-order valence-corrected chi connectivity index (χ0v) is 12.0. The van der Waals surface area contributed by atoms with Crippen molar-refractivity contribution in [2.45, 2.75) is 19.4 Å². The highest BCUT2D eigenvalue weighted by Crippen LogP contribution is 2.16. The van der Waals surface area contributed by atoms with Crippen LogP contribution in [-0.2, 0) is 25.6 Å². The number of rotatable bonds is 10. The Morgan fingerprint density at radius 2 is 1.70 bits per heavy atom. The third-order valence-electron chi connectivity index (χ3n) is 2.92. The summed E-state index contributed by atoms with van der Waals surface area (Å²) in [6.45, 7) is 4.39. The first-order valence-corrected chi connectivity index (χ1v) is 6.61. The van der Waals surface area contributed by atoms with Crippen molar-refractivity contribution in [3.63, 3.8) is 0 Å². The van der Waals surface area contributed by atoms with Crippen molar-refractivity contribution < 1.29 is 24.1 Å². The van der Waals surface area contributed by atoms with E-state index in [1.807, 2.05) is 24.3 Å². The van der Waals surface area contributed by atoms with Crippen molar-refractivity contribution in [2.75, 3.05) is 33.5 Å². The van der Waals surface area contributed by atoms with E-state index < -0.39 is 11.9 Å². The van der Waals surface area contributed by atoms with Crippen LogP contribution < -0.4 is 0 Å². The van der Waals surface area contributed by atoms with Gasteiger partial charge < -0.3 is 19.3 Å². The summed E-state index contributed by atoms with van der Waals surface area (Å²) in [6, 6.07) is 7.43. The second kappa shape index (κ2) is 9.47. The predicted molar refractivity (Wildman–Crippen MR) is 74.8 cm³/mol. The van der Waals surface area contributed by atoms with Crippen LogP contribution in [0.15, 0.2) is 24.3 Å². The van der Waals surface area contributed by atoms with E-state index in [0.717, 1.165) is 11.1 Å². The molecule has 1 unspecified atom stereocenters. The molecule has 0 aliphatic heterocycles. The van der Waals surface area contributed by atoms with Crippen molar-refractivity contribution in [1.82, 2.24) is 0 Å². The lowest BCUT2D eigenvalue weighted by Gasteiger charge is -2.08. The van der Waals surface area contributed by atoms with Gasteiger partial charge in [-0.25, -0.2) is 0 Å². The lowest BCUT2D eigenvalue weighted by molar-refractivity contribution is -0.138. The van der Waals surface area contributed by atoms with Crippen LogP contribution in [0, 0.1) is 0 Å². The predicted octanol–water partition coefficient (Wildman–Crippen LogP) is 2.05. The second-order valence-corrected chi connectivity index (χ2v) is 4.46. The molecule has 1 aromatic carbocycles. The lowest BCUT2D eigenvalue weighted by atomic mass is 10.0. The molecule has 1 aromatic rings. The van der Waals surface area contributed by atoms with Crippen LogP contribution >= 0.6 is 0 Å². The molecule has 5 heteroatoms. The molecule has 0 amide bonds. The van der Waals surface area contributed by atoms with Crippen molar-refractivity contribution in [3.05, 3.63) is 35.4 Å².